The number of benzene rings is 1. The van der Waals surface area contributed by atoms with E-state index in [2.05, 4.69) is 5.10 Å². The number of fused-ring (bicyclic) bond motifs is 1. The van der Waals surface area contributed by atoms with Crippen LogP contribution >= 0.6 is 0 Å². The third-order valence-corrected chi connectivity index (χ3v) is 6.92. The van der Waals surface area contributed by atoms with Gasteiger partial charge in [0, 0.05) is 11.6 Å². The van der Waals surface area contributed by atoms with Gasteiger partial charge in [0.1, 0.15) is 28.0 Å². The van der Waals surface area contributed by atoms with E-state index >= 15 is 4.39 Å². The maximum absolute atomic E-state index is 15.7. The number of halogens is 1. The first-order valence-corrected chi connectivity index (χ1v) is 13.8. The van der Waals surface area contributed by atoms with Crippen molar-refractivity contribution >= 4 is 40.1 Å². The van der Waals surface area contributed by atoms with Crippen molar-refractivity contribution in [1.82, 2.24) is 14.2 Å². The van der Waals surface area contributed by atoms with Crippen LogP contribution < -0.4 is 4.90 Å². The van der Waals surface area contributed by atoms with Crippen LogP contribution in [0.2, 0.25) is 0 Å². The van der Waals surface area contributed by atoms with Crippen LogP contribution in [-0.2, 0) is 14.2 Å². The van der Waals surface area contributed by atoms with Crippen molar-refractivity contribution in [2.75, 3.05) is 18.6 Å². The van der Waals surface area contributed by atoms with Crippen molar-refractivity contribution in [3.63, 3.8) is 0 Å². The number of ether oxygens (including phenoxy) is 3. The van der Waals surface area contributed by atoms with Gasteiger partial charge in [-0.1, -0.05) is 19.1 Å². The number of pyridine rings is 1. The van der Waals surface area contributed by atoms with Crippen LogP contribution in [0.5, 0.6) is 0 Å². The fourth-order valence-electron chi connectivity index (χ4n) is 5.30. The summed E-state index contributed by atoms with van der Waals surface area (Å²) in [6.07, 6.45) is 1.51. The predicted octanol–water partition coefficient (Wildman–Crippen LogP) is 6.54. The second kappa shape index (κ2) is 10.1. The van der Waals surface area contributed by atoms with Crippen LogP contribution in [0.1, 0.15) is 81.6 Å². The van der Waals surface area contributed by atoms with E-state index in [-0.39, 0.29) is 28.4 Å². The number of anilines is 1. The maximum atomic E-state index is 15.7. The maximum Gasteiger partial charge on any atom is 0.414 e. The summed E-state index contributed by atoms with van der Waals surface area (Å²) in [5.41, 5.74) is 0.371. The van der Waals surface area contributed by atoms with Crippen molar-refractivity contribution < 1.29 is 33.0 Å². The van der Waals surface area contributed by atoms with Crippen molar-refractivity contribution in [2.24, 2.45) is 0 Å². The molecule has 1 aliphatic heterocycles. The topological polar surface area (TPSA) is 104 Å². The van der Waals surface area contributed by atoms with Crippen LogP contribution in [-0.4, -0.2) is 57.1 Å². The molecular weight excluding hydrogens is 543 g/mol. The number of hydrogen-bond donors (Lipinski definition) is 0. The standard InChI is InChI=1S/C31H35FN4O6/c1-9-19-16-34(29(39)42-31(5,6)7)21-12-10-11-17-14-22(36(19)25(17)21)24-23(28(38)41-30(2,3)4)26-20(32)13-18(27(37)40-8)15-35(26)33-24/h10-15,19H,9,16H2,1-8H3. The third kappa shape index (κ3) is 5.08. The highest BCUT2D eigenvalue weighted by atomic mass is 19.1. The zero-order valence-electron chi connectivity index (χ0n) is 25.1. The number of nitrogens with zero attached hydrogens (tertiary/aromatic N) is 4. The Balaban J connectivity index is 1.80. The van der Waals surface area contributed by atoms with Crippen LogP contribution in [0.4, 0.5) is 14.9 Å². The molecule has 1 unspecified atom stereocenters. The van der Waals surface area contributed by atoms with E-state index in [9.17, 15) is 14.4 Å². The summed E-state index contributed by atoms with van der Waals surface area (Å²) in [6.45, 7) is 12.9. The minimum atomic E-state index is -0.865. The lowest BCUT2D eigenvalue weighted by atomic mass is 10.1. The van der Waals surface area contributed by atoms with Gasteiger partial charge in [-0.2, -0.15) is 5.10 Å². The fourth-order valence-corrected chi connectivity index (χ4v) is 5.30. The number of esters is 2. The molecule has 4 heterocycles. The summed E-state index contributed by atoms with van der Waals surface area (Å²) in [7, 11) is 1.20. The highest BCUT2D eigenvalue weighted by Gasteiger charge is 2.36. The number of para-hydroxylation sites is 1. The zero-order chi connectivity index (χ0) is 30.7. The van der Waals surface area contributed by atoms with Gasteiger partial charge in [-0.25, -0.2) is 23.3 Å². The largest absolute Gasteiger partial charge is 0.465 e. The molecule has 10 nitrogen and oxygen atoms in total. The van der Waals surface area contributed by atoms with Gasteiger partial charge in [0.15, 0.2) is 5.82 Å². The van der Waals surface area contributed by atoms with Gasteiger partial charge in [-0.15, -0.1) is 0 Å². The number of amides is 1. The van der Waals surface area contributed by atoms with Gasteiger partial charge in [-0.05, 0) is 66.2 Å². The van der Waals surface area contributed by atoms with Gasteiger partial charge in [0.05, 0.1) is 42.2 Å². The minimum absolute atomic E-state index is 0.0596. The van der Waals surface area contributed by atoms with E-state index in [4.69, 9.17) is 14.2 Å². The van der Waals surface area contributed by atoms with E-state index in [1.807, 2.05) is 56.5 Å². The molecule has 3 aromatic heterocycles. The molecule has 0 aliphatic carbocycles. The first-order chi connectivity index (χ1) is 19.6. The molecule has 42 heavy (non-hydrogen) atoms. The second-order valence-electron chi connectivity index (χ2n) is 12.4. The third-order valence-electron chi connectivity index (χ3n) is 6.92. The molecule has 222 valence electrons. The molecule has 0 spiro atoms. The number of carbonyl (C=O) groups excluding carboxylic acids is 3. The van der Waals surface area contributed by atoms with Crippen molar-refractivity contribution in [1.29, 1.82) is 0 Å². The first-order valence-electron chi connectivity index (χ1n) is 13.8. The van der Waals surface area contributed by atoms with Crippen molar-refractivity contribution in [3.8, 4) is 11.4 Å². The first kappa shape index (κ1) is 29.1. The Morgan fingerprint density at radius 2 is 1.69 bits per heavy atom. The number of carbonyl (C=O) groups is 3. The molecule has 5 rings (SSSR count). The van der Waals surface area contributed by atoms with E-state index in [1.165, 1.54) is 17.8 Å². The summed E-state index contributed by atoms with van der Waals surface area (Å²) >= 11 is 0. The Kier molecular flexibility index (Phi) is 7.03. The molecule has 1 atom stereocenters. The molecule has 0 fully saturated rings. The van der Waals surface area contributed by atoms with Crippen LogP contribution in [0.15, 0.2) is 36.5 Å². The average Bonchev–Trinajstić information content (AvgIpc) is 3.47. The molecule has 1 aromatic carbocycles. The summed E-state index contributed by atoms with van der Waals surface area (Å²) in [5, 5.41) is 5.45. The number of hydrogen-bond acceptors (Lipinski definition) is 7. The quantitative estimate of drug-likeness (QED) is 0.200. The second-order valence-corrected chi connectivity index (χ2v) is 12.4. The highest BCUT2D eigenvalue weighted by molar-refractivity contribution is 6.07. The number of methoxy groups -OCH3 is 1. The minimum Gasteiger partial charge on any atom is -0.465 e. The fraction of sp³-hybridized carbons (Fsp3) is 0.419. The Hall–Kier alpha value is -4.41. The van der Waals surface area contributed by atoms with Gasteiger partial charge < -0.3 is 18.8 Å². The van der Waals surface area contributed by atoms with Gasteiger partial charge in [-0.3, -0.25) is 4.90 Å². The molecule has 0 bridgehead atoms. The zero-order valence-corrected chi connectivity index (χ0v) is 25.1. The normalized spacial score (nSPS) is 15.3. The van der Waals surface area contributed by atoms with Crippen molar-refractivity contribution in [3.05, 3.63) is 53.5 Å². The lowest BCUT2D eigenvalue weighted by molar-refractivity contribution is 0.00719. The number of rotatable bonds is 4. The molecule has 1 aliphatic rings. The molecule has 0 N–H and O–H groups in total. The molecule has 1 amide bonds. The molecule has 0 saturated heterocycles. The summed E-state index contributed by atoms with van der Waals surface area (Å²) in [6, 6.07) is 8.27. The SMILES string of the molecule is CCC1CN(C(=O)OC(C)(C)C)c2cccc3cc(-c4nn5cc(C(=O)OC)cc(F)c5c4C(=O)OC(C)(C)C)n1c23. The Bertz CT molecular complexity index is 1740. The molecule has 11 heteroatoms. The summed E-state index contributed by atoms with van der Waals surface area (Å²) < 4.78 is 35.1. The Labute approximate surface area is 242 Å². The van der Waals surface area contributed by atoms with Crippen molar-refractivity contribution in [2.45, 2.75) is 72.1 Å². The lowest BCUT2D eigenvalue weighted by Crippen LogP contribution is -2.42. The average molecular weight is 579 g/mol. The van der Waals surface area contributed by atoms with E-state index in [0.717, 1.165) is 17.0 Å². The monoisotopic (exact) mass is 578 g/mol. The lowest BCUT2D eigenvalue weighted by Gasteiger charge is -2.36. The van der Waals surface area contributed by atoms with Crippen LogP contribution in [0, 0.1) is 5.82 Å². The molecule has 0 radical (unpaired) electrons. The summed E-state index contributed by atoms with van der Waals surface area (Å²) in [5.74, 6) is -2.32. The highest BCUT2D eigenvalue weighted by Crippen LogP contribution is 2.43. The van der Waals surface area contributed by atoms with Gasteiger partial charge in [0.25, 0.3) is 0 Å². The van der Waals surface area contributed by atoms with Gasteiger partial charge >= 0.3 is 18.0 Å². The molecule has 4 aromatic rings. The van der Waals surface area contributed by atoms with E-state index < -0.39 is 35.1 Å². The van der Waals surface area contributed by atoms with Gasteiger partial charge in [0.2, 0.25) is 0 Å². The van der Waals surface area contributed by atoms with E-state index in [0.29, 0.717) is 24.3 Å². The molecular formula is C31H35FN4O6. The smallest absolute Gasteiger partial charge is 0.414 e. The Morgan fingerprint density at radius 1 is 1.00 bits per heavy atom. The number of aromatic nitrogens is 3. The van der Waals surface area contributed by atoms with Crippen LogP contribution in [0.3, 0.4) is 0 Å². The molecule has 0 saturated carbocycles. The Morgan fingerprint density at radius 3 is 2.31 bits per heavy atom. The van der Waals surface area contributed by atoms with E-state index in [1.54, 1.807) is 25.7 Å². The van der Waals surface area contributed by atoms with Crippen LogP contribution in [0.25, 0.3) is 27.8 Å². The summed E-state index contributed by atoms with van der Waals surface area (Å²) in [4.78, 5) is 40.8. The predicted molar refractivity (Wildman–Crippen MR) is 155 cm³/mol.